The number of nitrogens with one attached hydrogen (secondary N) is 1. The number of aliphatic hydroxyl groups is 1. The Bertz CT molecular complexity index is 341. The molecule has 1 atom stereocenters. The molecular weight excluding hydrogens is 226 g/mol. The molecule has 0 saturated carbocycles. The van der Waals surface area contributed by atoms with Crippen molar-refractivity contribution in [3.63, 3.8) is 0 Å². The first-order valence-corrected chi connectivity index (χ1v) is 6.47. The number of hydrogen-bond donors (Lipinski definition) is 2. The second-order valence-corrected chi connectivity index (χ2v) is 5.67. The molecule has 1 unspecified atom stereocenters. The zero-order chi connectivity index (χ0) is 13.6. The lowest BCUT2D eigenvalue weighted by molar-refractivity contribution is 0.152. The van der Waals surface area contributed by atoms with Crippen molar-refractivity contribution in [2.45, 2.75) is 45.3 Å². The van der Waals surface area contributed by atoms with Crippen molar-refractivity contribution in [3.8, 4) is 5.75 Å². The van der Waals surface area contributed by atoms with Gasteiger partial charge in [0, 0.05) is 12.1 Å². The molecule has 0 amide bonds. The molecule has 1 aromatic carbocycles. The maximum absolute atomic E-state index is 9.89. The molecular formula is C15H25NO2. The molecule has 2 N–H and O–H groups in total. The van der Waals surface area contributed by atoms with E-state index in [-0.39, 0.29) is 11.6 Å². The van der Waals surface area contributed by atoms with Crippen LogP contribution in [0.5, 0.6) is 5.75 Å². The largest absolute Gasteiger partial charge is 0.497 e. The minimum absolute atomic E-state index is 0.0566. The van der Waals surface area contributed by atoms with Gasteiger partial charge in [-0.25, -0.2) is 0 Å². The smallest absolute Gasteiger partial charge is 0.118 e. The van der Waals surface area contributed by atoms with E-state index < -0.39 is 0 Å². The van der Waals surface area contributed by atoms with Gasteiger partial charge in [-0.3, -0.25) is 0 Å². The number of aryl methyl sites for hydroxylation is 1. The highest BCUT2D eigenvalue weighted by atomic mass is 16.5. The molecule has 0 aromatic heterocycles. The zero-order valence-corrected chi connectivity index (χ0v) is 11.9. The molecule has 0 heterocycles. The van der Waals surface area contributed by atoms with Crippen LogP contribution in [0.15, 0.2) is 24.3 Å². The Balaban J connectivity index is 2.31. The molecule has 0 fully saturated rings. The molecule has 102 valence electrons. The molecule has 0 saturated heterocycles. The maximum atomic E-state index is 9.89. The van der Waals surface area contributed by atoms with Gasteiger partial charge >= 0.3 is 0 Å². The molecule has 1 rings (SSSR count). The minimum Gasteiger partial charge on any atom is -0.497 e. The van der Waals surface area contributed by atoms with Crippen LogP contribution in [0.2, 0.25) is 0 Å². The topological polar surface area (TPSA) is 41.5 Å². The average molecular weight is 251 g/mol. The number of ether oxygens (including phenoxy) is 1. The summed E-state index contributed by atoms with van der Waals surface area (Å²) in [5.41, 5.74) is 1.28. The molecule has 0 aliphatic carbocycles. The van der Waals surface area contributed by atoms with E-state index in [1.165, 1.54) is 5.56 Å². The van der Waals surface area contributed by atoms with Gasteiger partial charge in [0.05, 0.1) is 13.2 Å². The van der Waals surface area contributed by atoms with Crippen molar-refractivity contribution in [1.82, 2.24) is 5.32 Å². The van der Waals surface area contributed by atoms with Crippen LogP contribution < -0.4 is 10.1 Å². The van der Waals surface area contributed by atoms with Crippen LogP contribution in [0.25, 0.3) is 0 Å². The summed E-state index contributed by atoms with van der Waals surface area (Å²) < 4.78 is 5.11. The molecule has 18 heavy (non-hydrogen) atoms. The van der Waals surface area contributed by atoms with Crippen LogP contribution in [-0.4, -0.2) is 30.4 Å². The quantitative estimate of drug-likeness (QED) is 0.815. The number of aliphatic hydroxyl groups excluding tert-OH is 1. The van der Waals surface area contributed by atoms with Crippen molar-refractivity contribution in [2.24, 2.45) is 0 Å². The number of benzene rings is 1. The summed E-state index contributed by atoms with van der Waals surface area (Å²) in [6, 6.07) is 8.00. The number of β-amino-alcohol motifs (C(OH)–C–C–N with tert-alkyl or cyclic N) is 1. The van der Waals surface area contributed by atoms with E-state index in [0.29, 0.717) is 6.54 Å². The first kappa shape index (κ1) is 15.0. The summed E-state index contributed by atoms with van der Waals surface area (Å²) >= 11 is 0. The Kier molecular flexibility index (Phi) is 5.63. The molecule has 1 aromatic rings. The number of rotatable bonds is 6. The molecule has 0 spiro atoms. The van der Waals surface area contributed by atoms with Gasteiger partial charge in [-0.05, 0) is 51.3 Å². The van der Waals surface area contributed by atoms with Gasteiger partial charge < -0.3 is 15.2 Å². The third kappa shape index (κ3) is 6.03. The van der Waals surface area contributed by atoms with Crippen LogP contribution in [0.3, 0.4) is 0 Å². The van der Waals surface area contributed by atoms with Gasteiger partial charge in [-0.15, -0.1) is 0 Å². The highest BCUT2D eigenvalue weighted by Gasteiger charge is 2.11. The van der Waals surface area contributed by atoms with Gasteiger partial charge in [0.1, 0.15) is 5.75 Å². The Labute approximate surface area is 110 Å². The summed E-state index contributed by atoms with van der Waals surface area (Å²) in [5.74, 6) is 0.869. The molecule has 0 aliphatic rings. The molecule has 3 heteroatoms. The zero-order valence-electron chi connectivity index (χ0n) is 11.9. The third-order valence-corrected chi connectivity index (χ3v) is 2.79. The molecule has 0 radical (unpaired) electrons. The van der Waals surface area contributed by atoms with E-state index in [0.717, 1.165) is 18.6 Å². The third-order valence-electron chi connectivity index (χ3n) is 2.79. The Morgan fingerprint density at radius 2 is 1.83 bits per heavy atom. The monoisotopic (exact) mass is 251 g/mol. The Hall–Kier alpha value is -1.06. The van der Waals surface area contributed by atoms with Crippen LogP contribution in [-0.2, 0) is 6.42 Å². The molecule has 0 aliphatic heterocycles. The summed E-state index contributed by atoms with van der Waals surface area (Å²) in [7, 11) is 1.66. The lowest BCUT2D eigenvalue weighted by Crippen LogP contribution is -2.40. The van der Waals surface area contributed by atoms with Gasteiger partial charge in [-0.1, -0.05) is 12.1 Å². The van der Waals surface area contributed by atoms with Crippen LogP contribution in [0.4, 0.5) is 0 Å². The first-order chi connectivity index (χ1) is 8.40. The fourth-order valence-corrected chi connectivity index (χ4v) is 1.65. The number of methoxy groups -OCH3 is 1. The SMILES string of the molecule is COc1ccc(CCC(O)CNC(C)(C)C)cc1. The predicted octanol–water partition coefficient (Wildman–Crippen LogP) is 2.38. The standard InChI is InChI=1S/C15H25NO2/c1-15(2,3)16-11-13(17)8-5-12-6-9-14(18-4)10-7-12/h6-7,9-10,13,16-17H,5,8,11H2,1-4H3. The van der Waals surface area contributed by atoms with E-state index >= 15 is 0 Å². The second kappa shape index (κ2) is 6.76. The molecule has 0 bridgehead atoms. The van der Waals surface area contributed by atoms with Gasteiger partial charge in [0.25, 0.3) is 0 Å². The predicted molar refractivity (Wildman–Crippen MR) is 75.1 cm³/mol. The lowest BCUT2D eigenvalue weighted by atomic mass is 10.0. The van der Waals surface area contributed by atoms with Gasteiger partial charge in [0.2, 0.25) is 0 Å². The van der Waals surface area contributed by atoms with Crippen LogP contribution in [0.1, 0.15) is 32.8 Å². The molecule has 3 nitrogen and oxygen atoms in total. The lowest BCUT2D eigenvalue weighted by Gasteiger charge is -2.22. The van der Waals surface area contributed by atoms with E-state index in [2.05, 4.69) is 26.1 Å². The average Bonchev–Trinajstić information content (AvgIpc) is 2.33. The van der Waals surface area contributed by atoms with Crippen molar-refractivity contribution in [2.75, 3.05) is 13.7 Å². The van der Waals surface area contributed by atoms with E-state index in [1.807, 2.05) is 24.3 Å². The van der Waals surface area contributed by atoms with Crippen LogP contribution >= 0.6 is 0 Å². The summed E-state index contributed by atoms with van der Waals surface area (Å²) in [5, 5.41) is 13.2. The van der Waals surface area contributed by atoms with Crippen molar-refractivity contribution >= 4 is 0 Å². The summed E-state index contributed by atoms with van der Waals surface area (Å²) in [4.78, 5) is 0. The van der Waals surface area contributed by atoms with Gasteiger partial charge in [0.15, 0.2) is 0 Å². The van der Waals surface area contributed by atoms with E-state index in [4.69, 9.17) is 4.74 Å². The maximum Gasteiger partial charge on any atom is 0.118 e. The van der Waals surface area contributed by atoms with Crippen molar-refractivity contribution in [1.29, 1.82) is 0 Å². The van der Waals surface area contributed by atoms with Crippen molar-refractivity contribution in [3.05, 3.63) is 29.8 Å². The first-order valence-electron chi connectivity index (χ1n) is 6.47. The highest BCUT2D eigenvalue weighted by Crippen LogP contribution is 2.13. The van der Waals surface area contributed by atoms with Gasteiger partial charge in [-0.2, -0.15) is 0 Å². The summed E-state index contributed by atoms with van der Waals surface area (Å²) in [6.07, 6.45) is 1.36. The second-order valence-electron chi connectivity index (χ2n) is 5.67. The Morgan fingerprint density at radius 3 is 2.33 bits per heavy atom. The van der Waals surface area contributed by atoms with Crippen LogP contribution in [0, 0.1) is 0 Å². The highest BCUT2D eigenvalue weighted by molar-refractivity contribution is 5.27. The van der Waals surface area contributed by atoms with E-state index in [9.17, 15) is 5.11 Å². The summed E-state index contributed by atoms with van der Waals surface area (Å²) in [6.45, 7) is 6.94. The van der Waals surface area contributed by atoms with E-state index in [1.54, 1.807) is 7.11 Å². The Morgan fingerprint density at radius 1 is 1.22 bits per heavy atom. The van der Waals surface area contributed by atoms with Crippen molar-refractivity contribution < 1.29 is 9.84 Å². The fraction of sp³-hybridized carbons (Fsp3) is 0.600. The number of hydrogen-bond acceptors (Lipinski definition) is 3. The fourth-order valence-electron chi connectivity index (χ4n) is 1.65. The minimum atomic E-state index is -0.300. The normalized spacial score (nSPS) is 13.4.